The van der Waals surface area contributed by atoms with Crippen molar-refractivity contribution in [1.82, 2.24) is 0 Å². The molecule has 0 aliphatic rings. The lowest BCUT2D eigenvalue weighted by molar-refractivity contribution is 0.634. The van der Waals surface area contributed by atoms with Crippen LogP contribution in [0.1, 0.15) is 13.7 Å². The molecule has 0 fully saturated rings. The van der Waals surface area contributed by atoms with Crippen molar-refractivity contribution in [3.63, 3.8) is 0 Å². The number of para-hydroxylation sites is 1. The van der Waals surface area contributed by atoms with Gasteiger partial charge in [-0.1, -0.05) is 170 Å². The highest BCUT2D eigenvalue weighted by atomic mass is 16.3. The minimum absolute atomic E-state index is 0.0943. The fraction of sp³-hybridized carbons (Fsp3) is 0. The lowest BCUT2D eigenvalue weighted by atomic mass is 9.84. The molecule has 0 unspecified atom stereocenters. The minimum atomic E-state index is -0.461. The normalized spacial score (nSPS) is 14.4. The van der Waals surface area contributed by atoms with Gasteiger partial charge in [0.15, 0.2) is 0 Å². The average Bonchev–Trinajstić information content (AvgIpc) is 3.62. The molecule has 8 aromatic carbocycles. The van der Waals surface area contributed by atoms with Gasteiger partial charge < -0.3 is 4.42 Å². The van der Waals surface area contributed by atoms with Crippen LogP contribution < -0.4 is 0 Å². The van der Waals surface area contributed by atoms with E-state index in [0.29, 0.717) is 33.6 Å². The van der Waals surface area contributed by atoms with Gasteiger partial charge in [0, 0.05) is 16.5 Å². The first kappa shape index (κ1) is 18.7. The Kier molecular flexibility index (Phi) is 4.50. The Morgan fingerprint density at radius 2 is 0.872 bits per heavy atom. The summed E-state index contributed by atoms with van der Waals surface area (Å²) in [5.74, 6) is 0.544. The van der Waals surface area contributed by atoms with Crippen LogP contribution in [0, 0.1) is 0 Å². The van der Waals surface area contributed by atoms with Gasteiger partial charge in [-0.25, -0.2) is 0 Å². The molecule has 1 heterocycles. The molecule has 47 heavy (non-hydrogen) atoms. The van der Waals surface area contributed by atoms with Crippen LogP contribution in [0.25, 0.3) is 88.3 Å². The van der Waals surface area contributed by atoms with Crippen LogP contribution >= 0.6 is 0 Å². The summed E-state index contributed by atoms with van der Waals surface area (Å²) in [5.41, 5.74) is 5.61. The summed E-state index contributed by atoms with van der Waals surface area (Å²) in [5, 5.41) is 4.28. The minimum Gasteiger partial charge on any atom is -0.455 e. The maximum Gasteiger partial charge on any atom is 0.144 e. The average molecular weight is 609 g/mol. The molecule has 0 N–H and O–H groups in total. The second kappa shape index (κ2) is 11.3. The van der Waals surface area contributed by atoms with E-state index < -0.39 is 36.3 Å². The molecule has 0 bridgehead atoms. The number of hydrogen-bond donors (Lipinski definition) is 0. The summed E-state index contributed by atoms with van der Waals surface area (Å²) in [6.07, 6.45) is 0. The first-order valence-corrected chi connectivity index (χ1v) is 15.3. The van der Waals surface area contributed by atoms with Crippen molar-refractivity contribution in [1.29, 1.82) is 0 Å². The van der Waals surface area contributed by atoms with Crippen LogP contribution in [-0.4, -0.2) is 0 Å². The third kappa shape index (κ3) is 4.56. The van der Waals surface area contributed by atoms with E-state index in [1.165, 1.54) is 0 Å². The van der Waals surface area contributed by atoms with Crippen molar-refractivity contribution in [2.45, 2.75) is 0 Å². The first-order valence-electron chi connectivity index (χ1n) is 20.3. The van der Waals surface area contributed by atoms with Crippen LogP contribution in [0.5, 0.6) is 0 Å². The van der Waals surface area contributed by atoms with Gasteiger partial charge in [-0.3, -0.25) is 0 Å². The summed E-state index contributed by atoms with van der Waals surface area (Å²) in [4.78, 5) is 0. The molecule has 0 radical (unpaired) electrons. The molecule has 0 saturated carbocycles. The number of furan rings is 1. The summed E-state index contributed by atoms with van der Waals surface area (Å²) < 4.78 is 91.8. The van der Waals surface area contributed by atoms with Crippen LogP contribution in [0.15, 0.2) is 186 Å². The maximum atomic E-state index is 8.88. The Hall–Kier alpha value is -6.18. The molecule has 220 valence electrons. The third-order valence-corrected chi connectivity index (χ3v) is 8.66. The lowest BCUT2D eigenvalue weighted by Gasteiger charge is -2.18. The van der Waals surface area contributed by atoms with Gasteiger partial charge in [-0.2, -0.15) is 0 Å². The highest BCUT2D eigenvalue weighted by Crippen LogP contribution is 2.50. The zero-order chi connectivity index (χ0) is 39.9. The monoisotopic (exact) mass is 608 g/mol. The summed E-state index contributed by atoms with van der Waals surface area (Å²) in [7, 11) is 0. The van der Waals surface area contributed by atoms with Crippen LogP contribution in [-0.2, 0) is 0 Å². The first-order chi connectivity index (χ1) is 27.5. The summed E-state index contributed by atoms with van der Waals surface area (Å²) in [6, 6.07) is 34.6. The standard InChI is InChI=1S/C46H30O/c1-3-16-31(17-4-1)33-20-15-21-34(30-33)43-37-24-9-11-26-39(37)44(40-27-12-10-25-38(40)43)46-45(41-28-13-14-29-42(41)47-46)36-23-8-7-22-35(36)32-18-5-2-6-19-32/h1-30H/i1D,2D,3D,4D,5D,6D,16D,17D,18D,19D. The second-order valence-corrected chi connectivity index (χ2v) is 11.3. The number of fused-ring (bicyclic) bond motifs is 3. The zero-order valence-electron chi connectivity index (χ0n) is 35.0. The molecular formula is C46H30O. The third-order valence-electron chi connectivity index (χ3n) is 8.66. The van der Waals surface area contributed by atoms with E-state index in [-0.39, 0.29) is 35.3 Å². The Morgan fingerprint density at radius 1 is 0.362 bits per heavy atom. The fourth-order valence-corrected chi connectivity index (χ4v) is 6.70. The summed E-state index contributed by atoms with van der Waals surface area (Å²) >= 11 is 0. The van der Waals surface area contributed by atoms with Crippen molar-refractivity contribution in [2.75, 3.05) is 0 Å². The molecule has 0 saturated heterocycles. The predicted octanol–water partition coefficient (Wildman–Crippen LogP) is 13.1. The van der Waals surface area contributed by atoms with Crippen molar-refractivity contribution in [3.8, 4) is 55.8 Å². The smallest absolute Gasteiger partial charge is 0.144 e. The van der Waals surface area contributed by atoms with Crippen molar-refractivity contribution >= 4 is 32.5 Å². The van der Waals surface area contributed by atoms with Gasteiger partial charge in [0.25, 0.3) is 0 Å². The largest absolute Gasteiger partial charge is 0.455 e. The molecular weight excluding hydrogens is 569 g/mol. The van der Waals surface area contributed by atoms with Gasteiger partial charge in [-0.15, -0.1) is 0 Å². The molecule has 0 aliphatic carbocycles. The molecule has 0 atom stereocenters. The number of hydrogen-bond acceptors (Lipinski definition) is 1. The summed E-state index contributed by atoms with van der Waals surface area (Å²) in [6.45, 7) is 0. The maximum absolute atomic E-state index is 8.88. The van der Waals surface area contributed by atoms with Gasteiger partial charge in [-0.05, 0) is 72.6 Å². The Morgan fingerprint density at radius 3 is 1.53 bits per heavy atom. The van der Waals surface area contributed by atoms with E-state index in [2.05, 4.69) is 0 Å². The lowest BCUT2D eigenvalue weighted by Crippen LogP contribution is -1.92. The van der Waals surface area contributed by atoms with Crippen LogP contribution in [0.3, 0.4) is 0 Å². The van der Waals surface area contributed by atoms with Crippen molar-refractivity contribution in [2.24, 2.45) is 0 Å². The van der Waals surface area contributed by atoms with E-state index in [0.717, 1.165) is 43.6 Å². The Labute approximate surface area is 288 Å². The molecule has 9 aromatic rings. The molecule has 9 rings (SSSR count). The van der Waals surface area contributed by atoms with E-state index in [1.54, 1.807) is 18.2 Å². The molecule has 1 nitrogen and oxygen atoms in total. The highest BCUT2D eigenvalue weighted by Gasteiger charge is 2.25. The quantitative estimate of drug-likeness (QED) is 0.177. The SMILES string of the molecule is [2H]c1c([2H])c([2H])c(-c2cccc(-c3c4ccccc4c(-c4oc5ccccc5c4-c4ccccc4-c4c([2H])c([2H])c([2H])c([2H])c4[2H])c4ccccc34)c2)c([2H])c1[2H]. The number of benzene rings is 8. The predicted molar refractivity (Wildman–Crippen MR) is 198 cm³/mol. The van der Waals surface area contributed by atoms with Gasteiger partial charge in [0.2, 0.25) is 0 Å². The Balaban J connectivity index is 1.36. The number of rotatable bonds is 5. The van der Waals surface area contributed by atoms with E-state index in [9.17, 15) is 0 Å². The van der Waals surface area contributed by atoms with Gasteiger partial charge >= 0.3 is 0 Å². The molecule has 1 aromatic heterocycles. The zero-order valence-corrected chi connectivity index (χ0v) is 25.0. The van der Waals surface area contributed by atoms with Crippen LogP contribution in [0.4, 0.5) is 0 Å². The molecule has 0 spiro atoms. The Bertz CT molecular complexity index is 3030. The fourth-order valence-electron chi connectivity index (χ4n) is 6.70. The molecule has 1 heteroatoms. The van der Waals surface area contributed by atoms with Crippen molar-refractivity contribution in [3.05, 3.63) is 182 Å². The van der Waals surface area contributed by atoms with E-state index in [1.807, 2.05) is 103 Å². The van der Waals surface area contributed by atoms with Crippen LogP contribution in [0.2, 0.25) is 0 Å². The van der Waals surface area contributed by atoms with E-state index >= 15 is 0 Å². The van der Waals surface area contributed by atoms with Gasteiger partial charge in [0.05, 0.1) is 13.7 Å². The second-order valence-electron chi connectivity index (χ2n) is 11.3. The topological polar surface area (TPSA) is 13.1 Å². The van der Waals surface area contributed by atoms with E-state index in [4.69, 9.17) is 18.1 Å². The van der Waals surface area contributed by atoms with Crippen molar-refractivity contribution < 1.29 is 18.1 Å². The molecule has 0 amide bonds. The van der Waals surface area contributed by atoms with Gasteiger partial charge in [0.1, 0.15) is 11.3 Å². The highest BCUT2D eigenvalue weighted by molar-refractivity contribution is 6.23. The molecule has 0 aliphatic heterocycles.